The van der Waals surface area contributed by atoms with Crippen LogP contribution in [-0.4, -0.2) is 10.9 Å². The van der Waals surface area contributed by atoms with Crippen molar-refractivity contribution in [3.63, 3.8) is 0 Å². The molecule has 0 bridgehead atoms. The fraction of sp³-hybridized carbons (Fsp3) is 0.600. The number of nitrogens with zero attached hydrogens (tertiary/aromatic N) is 1. The fourth-order valence-electron chi connectivity index (χ4n) is 2.73. The van der Waals surface area contributed by atoms with Gasteiger partial charge in [0.25, 0.3) is 0 Å². The molecule has 1 saturated carbocycles. The van der Waals surface area contributed by atoms with Crippen molar-refractivity contribution >= 4 is 5.91 Å². The van der Waals surface area contributed by atoms with Gasteiger partial charge in [-0.1, -0.05) is 33.8 Å². The molecule has 1 N–H and O–H groups in total. The Morgan fingerprint density at radius 3 is 2.33 bits per heavy atom. The lowest BCUT2D eigenvalue weighted by atomic mass is 10.0. The molecular formula is C15H22N2O. The molecule has 0 aromatic carbocycles. The van der Waals surface area contributed by atoms with E-state index >= 15 is 0 Å². The third-order valence-electron chi connectivity index (χ3n) is 4.70. The third-order valence-corrected chi connectivity index (χ3v) is 4.70. The molecule has 1 aromatic heterocycles. The first-order valence-corrected chi connectivity index (χ1v) is 6.46. The molecule has 1 fully saturated rings. The SMILES string of the molecule is Cc1ccc(CNC(=O)C2C(C)(C)C2(C)C)nc1. The van der Waals surface area contributed by atoms with Gasteiger partial charge in [0.1, 0.15) is 0 Å². The normalized spacial score (nSPS) is 20.5. The molecule has 1 aromatic rings. The van der Waals surface area contributed by atoms with Gasteiger partial charge in [0.2, 0.25) is 5.91 Å². The van der Waals surface area contributed by atoms with Crippen LogP contribution < -0.4 is 5.32 Å². The van der Waals surface area contributed by atoms with Crippen molar-refractivity contribution in [2.75, 3.05) is 0 Å². The summed E-state index contributed by atoms with van der Waals surface area (Å²) in [5.41, 5.74) is 2.23. The molecule has 1 amide bonds. The van der Waals surface area contributed by atoms with Gasteiger partial charge in [-0.25, -0.2) is 0 Å². The van der Waals surface area contributed by atoms with Gasteiger partial charge in [0.05, 0.1) is 12.2 Å². The Labute approximate surface area is 109 Å². The van der Waals surface area contributed by atoms with E-state index in [0.29, 0.717) is 6.54 Å². The Kier molecular flexibility index (Phi) is 2.96. The van der Waals surface area contributed by atoms with Crippen molar-refractivity contribution in [1.82, 2.24) is 10.3 Å². The van der Waals surface area contributed by atoms with E-state index in [1.165, 1.54) is 0 Å². The third kappa shape index (κ3) is 2.02. The predicted molar refractivity (Wildman–Crippen MR) is 71.9 cm³/mol. The zero-order valence-corrected chi connectivity index (χ0v) is 11.9. The highest BCUT2D eigenvalue weighted by Gasteiger charge is 2.68. The minimum absolute atomic E-state index is 0.0950. The van der Waals surface area contributed by atoms with Crippen LogP contribution in [0.5, 0.6) is 0 Å². The number of carbonyl (C=O) groups is 1. The minimum atomic E-state index is 0.0950. The number of hydrogen-bond acceptors (Lipinski definition) is 2. The fourth-order valence-corrected chi connectivity index (χ4v) is 2.73. The Hall–Kier alpha value is -1.38. The predicted octanol–water partition coefficient (Wildman–Crippen LogP) is 2.69. The van der Waals surface area contributed by atoms with Crippen molar-refractivity contribution in [3.05, 3.63) is 29.6 Å². The molecule has 18 heavy (non-hydrogen) atoms. The molecule has 0 atom stereocenters. The van der Waals surface area contributed by atoms with Gasteiger partial charge >= 0.3 is 0 Å². The molecule has 98 valence electrons. The van der Waals surface area contributed by atoms with Gasteiger partial charge in [0, 0.05) is 12.1 Å². The van der Waals surface area contributed by atoms with Crippen LogP contribution in [0.3, 0.4) is 0 Å². The van der Waals surface area contributed by atoms with E-state index in [9.17, 15) is 4.79 Å². The van der Waals surface area contributed by atoms with E-state index in [0.717, 1.165) is 11.3 Å². The highest BCUT2D eigenvalue weighted by atomic mass is 16.2. The molecule has 1 aliphatic rings. The molecule has 1 aliphatic carbocycles. The summed E-state index contributed by atoms with van der Waals surface area (Å²) in [7, 11) is 0. The first-order valence-electron chi connectivity index (χ1n) is 6.46. The van der Waals surface area contributed by atoms with E-state index in [1.807, 2.05) is 25.3 Å². The van der Waals surface area contributed by atoms with E-state index in [-0.39, 0.29) is 22.7 Å². The maximum absolute atomic E-state index is 12.1. The lowest BCUT2D eigenvalue weighted by Gasteiger charge is -2.06. The summed E-state index contributed by atoms with van der Waals surface area (Å²) in [6, 6.07) is 3.97. The number of amides is 1. The van der Waals surface area contributed by atoms with Crippen molar-refractivity contribution < 1.29 is 4.79 Å². The standard InChI is InChI=1S/C15H22N2O/c1-10-6-7-11(16-8-10)9-17-13(18)12-14(2,3)15(12,4)5/h6-8,12H,9H2,1-5H3,(H,17,18). The van der Waals surface area contributed by atoms with Gasteiger partial charge in [-0.2, -0.15) is 0 Å². The number of rotatable bonds is 3. The number of aryl methyl sites for hydroxylation is 1. The Bertz CT molecular complexity index is 446. The Morgan fingerprint density at radius 2 is 1.89 bits per heavy atom. The number of pyridine rings is 1. The zero-order valence-electron chi connectivity index (χ0n) is 11.9. The second kappa shape index (κ2) is 4.08. The highest BCUT2D eigenvalue weighted by molar-refractivity contribution is 5.84. The zero-order chi connectivity index (χ0) is 13.6. The maximum Gasteiger partial charge on any atom is 0.224 e. The van der Waals surface area contributed by atoms with Crippen LogP contribution >= 0.6 is 0 Å². The largest absolute Gasteiger partial charge is 0.350 e. The topological polar surface area (TPSA) is 42.0 Å². The average Bonchev–Trinajstić information content (AvgIpc) is 2.68. The first-order chi connectivity index (χ1) is 8.26. The van der Waals surface area contributed by atoms with Crippen LogP contribution in [0.15, 0.2) is 18.3 Å². The number of carbonyl (C=O) groups excluding carboxylic acids is 1. The molecule has 3 nitrogen and oxygen atoms in total. The van der Waals surface area contributed by atoms with E-state index < -0.39 is 0 Å². The molecule has 3 heteroatoms. The second-order valence-corrected chi connectivity index (χ2v) is 6.42. The van der Waals surface area contributed by atoms with Gasteiger partial charge in [0.15, 0.2) is 0 Å². The van der Waals surface area contributed by atoms with Crippen LogP contribution in [0.1, 0.15) is 39.0 Å². The summed E-state index contributed by atoms with van der Waals surface area (Å²) in [4.78, 5) is 16.4. The first kappa shape index (κ1) is 13.1. The lowest BCUT2D eigenvalue weighted by molar-refractivity contribution is -0.123. The van der Waals surface area contributed by atoms with Crippen LogP contribution in [0.4, 0.5) is 0 Å². The van der Waals surface area contributed by atoms with Crippen molar-refractivity contribution in [3.8, 4) is 0 Å². The van der Waals surface area contributed by atoms with Crippen LogP contribution in [0, 0.1) is 23.7 Å². The number of aromatic nitrogens is 1. The summed E-state index contributed by atoms with van der Waals surface area (Å²) in [6.45, 7) is 11.1. The molecular weight excluding hydrogens is 224 g/mol. The Balaban J connectivity index is 1.92. The molecule has 0 spiro atoms. The summed E-state index contributed by atoms with van der Waals surface area (Å²) < 4.78 is 0. The quantitative estimate of drug-likeness (QED) is 0.891. The van der Waals surface area contributed by atoms with Crippen molar-refractivity contribution in [1.29, 1.82) is 0 Å². The van der Waals surface area contributed by atoms with Crippen LogP contribution in [0.25, 0.3) is 0 Å². The maximum atomic E-state index is 12.1. The Morgan fingerprint density at radius 1 is 1.28 bits per heavy atom. The molecule has 0 unspecified atom stereocenters. The molecule has 0 radical (unpaired) electrons. The molecule has 1 heterocycles. The van der Waals surface area contributed by atoms with Gasteiger partial charge in [-0.05, 0) is 29.4 Å². The average molecular weight is 246 g/mol. The molecule has 0 saturated heterocycles. The van der Waals surface area contributed by atoms with Gasteiger partial charge in [-0.3, -0.25) is 9.78 Å². The van der Waals surface area contributed by atoms with Crippen molar-refractivity contribution in [2.45, 2.75) is 41.2 Å². The summed E-state index contributed by atoms with van der Waals surface area (Å²) in [5.74, 6) is 0.253. The van der Waals surface area contributed by atoms with Gasteiger partial charge in [-0.15, -0.1) is 0 Å². The van der Waals surface area contributed by atoms with E-state index in [2.05, 4.69) is 38.0 Å². The van der Waals surface area contributed by atoms with E-state index in [4.69, 9.17) is 0 Å². The van der Waals surface area contributed by atoms with Crippen molar-refractivity contribution in [2.24, 2.45) is 16.7 Å². The van der Waals surface area contributed by atoms with E-state index in [1.54, 1.807) is 0 Å². The summed E-state index contributed by atoms with van der Waals surface area (Å²) >= 11 is 0. The lowest BCUT2D eigenvalue weighted by Crippen LogP contribution is -2.27. The summed E-state index contributed by atoms with van der Waals surface area (Å²) in [5, 5.41) is 2.99. The smallest absolute Gasteiger partial charge is 0.224 e. The monoisotopic (exact) mass is 246 g/mol. The summed E-state index contributed by atoms with van der Waals surface area (Å²) in [6.07, 6.45) is 1.83. The van der Waals surface area contributed by atoms with Crippen LogP contribution in [0.2, 0.25) is 0 Å². The number of nitrogens with one attached hydrogen (secondary N) is 1. The second-order valence-electron chi connectivity index (χ2n) is 6.42. The van der Waals surface area contributed by atoms with Gasteiger partial charge < -0.3 is 5.32 Å². The number of hydrogen-bond donors (Lipinski definition) is 1. The molecule has 0 aliphatic heterocycles. The minimum Gasteiger partial charge on any atom is -0.350 e. The molecule has 2 rings (SSSR count). The highest BCUT2D eigenvalue weighted by Crippen LogP contribution is 2.68. The van der Waals surface area contributed by atoms with Crippen LogP contribution in [-0.2, 0) is 11.3 Å².